The van der Waals surface area contributed by atoms with Crippen LogP contribution in [0.4, 0.5) is 4.39 Å². The predicted molar refractivity (Wildman–Crippen MR) is 78.1 cm³/mol. The average molecular weight is 289 g/mol. The van der Waals surface area contributed by atoms with E-state index in [9.17, 15) is 4.39 Å². The summed E-state index contributed by atoms with van der Waals surface area (Å²) in [6.45, 7) is 0. The van der Waals surface area contributed by atoms with Gasteiger partial charge in [-0.15, -0.1) is 11.8 Å². The molecule has 0 aliphatic heterocycles. The van der Waals surface area contributed by atoms with E-state index >= 15 is 0 Å². The van der Waals surface area contributed by atoms with Gasteiger partial charge in [-0.05, 0) is 54.3 Å². The molecule has 0 spiro atoms. The van der Waals surface area contributed by atoms with Crippen molar-refractivity contribution in [2.75, 3.05) is 6.26 Å². The highest BCUT2D eigenvalue weighted by Gasteiger charge is 2.06. The first kappa shape index (κ1) is 14.0. The molecule has 2 aromatic rings. The lowest BCUT2D eigenvalue weighted by Gasteiger charge is -2.07. The van der Waals surface area contributed by atoms with Gasteiger partial charge in [-0.1, -0.05) is 11.8 Å². The van der Waals surface area contributed by atoms with Crippen LogP contribution in [0.5, 0.6) is 0 Å². The monoisotopic (exact) mass is 289 g/mol. The number of rotatable bonds is 4. The van der Waals surface area contributed by atoms with Crippen LogP contribution in [0.1, 0.15) is 5.56 Å². The molecule has 4 heteroatoms. The Hall–Kier alpha value is -1.44. The molecule has 0 atom stereocenters. The van der Waals surface area contributed by atoms with Crippen LogP contribution >= 0.6 is 23.5 Å². The summed E-state index contributed by atoms with van der Waals surface area (Å²) in [7, 11) is 0. The molecule has 0 bridgehead atoms. The van der Waals surface area contributed by atoms with Gasteiger partial charge in [-0.25, -0.2) is 4.39 Å². The fraction of sp³-hybridized carbons (Fsp3) is 0.133. The molecule has 0 radical (unpaired) electrons. The van der Waals surface area contributed by atoms with Gasteiger partial charge in [-0.2, -0.15) is 5.26 Å². The van der Waals surface area contributed by atoms with Crippen LogP contribution in [0.25, 0.3) is 0 Å². The third-order valence-electron chi connectivity index (χ3n) is 2.58. The highest BCUT2D eigenvalue weighted by atomic mass is 32.2. The summed E-state index contributed by atoms with van der Waals surface area (Å²) in [4.78, 5) is 3.23. The van der Waals surface area contributed by atoms with Crippen molar-refractivity contribution in [1.82, 2.24) is 0 Å². The second kappa shape index (κ2) is 6.65. The van der Waals surface area contributed by atoms with Crippen LogP contribution in [0.15, 0.2) is 57.2 Å². The number of hydrogen-bond acceptors (Lipinski definition) is 3. The Morgan fingerprint density at radius 3 is 2.42 bits per heavy atom. The molecule has 2 aromatic carbocycles. The molecule has 0 aliphatic carbocycles. The summed E-state index contributed by atoms with van der Waals surface area (Å²) in [5, 5.41) is 8.78. The third kappa shape index (κ3) is 3.76. The molecule has 19 heavy (non-hydrogen) atoms. The van der Waals surface area contributed by atoms with Gasteiger partial charge in [0.25, 0.3) is 0 Å². The van der Waals surface area contributed by atoms with Crippen molar-refractivity contribution in [3.63, 3.8) is 0 Å². The summed E-state index contributed by atoms with van der Waals surface area (Å²) in [6, 6.07) is 14.9. The van der Waals surface area contributed by atoms with E-state index in [1.54, 1.807) is 29.6 Å². The lowest BCUT2D eigenvalue weighted by Crippen LogP contribution is -1.88. The molecule has 0 saturated heterocycles. The molecule has 0 saturated carbocycles. The first-order valence-corrected chi connectivity index (χ1v) is 7.74. The van der Waals surface area contributed by atoms with Gasteiger partial charge in [0.1, 0.15) is 5.82 Å². The number of halogens is 1. The SMILES string of the molecule is CSc1ccc(Sc2ccc(F)cc2CC#N)cc1. The minimum atomic E-state index is -0.299. The predicted octanol–water partition coefficient (Wildman–Crippen LogP) is 4.76. The summed E-state index contributed by atoms with van der Waals surface area (Å²) < 4.78 is 13.2. The molecule has 96 valence electrons. The summed E-state index contributed by atoms with van der Waals surface area (Å²) in [5.41, 5.74) is 0.737. The molecule has 0 amide bonds. The Morgan fingerprint density at radius 1 is 1.11 bits per heavy atom. The van der Waals surface area contributed by atoms with Crippen molar-refractivity contribution in [3.8, 4) is 6.07 Å². The molecule has 0 aliphatic rings. The van der Waals surface area contributed by atoms with Crippen LogP contribution in [0, 0.1) is 17.1 Å². The Morgan fingerprint density at radius 2 is 1.79 bits per heavy atom. The highest BCUT2D eigenvalue weighted by Crippen LogP contribution is 2.32. The van der Waals surface area contributed by atoms with Crippen LogP contribution in [-0.4, -0.2) is 6.26 Å². The zero-order valence-corrected chi connectivity index (χ0v) is 12.0. The zero-order valence-electron chi connectivity index (χ0n) is 10.4. The van der Waals surface area contributed by atoms with Gasteiger partial charge in [-0.3, -0.25) is 0 Å². The molecule has 0 heterocycles. The van der Waals surface area contributed by atoms with Crippen molar-refractivity contribution < 1.29 is 4.39 Å². The fourth-order valence-electron chi connectivity index (χ4n) is 1.64. The molecular formula is C15H12FNS2. The van der Waals surface area contributed by atoms with Gasteiger partial charge in [0.2, 0.25) is 0 Å². The molecule has 0 N–H and O–H groups in total. The van der Waals surface area contributed by atoms with E-state index in [2.05, 4.69) is 18.2 Å². The largest absolute Gasteiger partial charge is 0.207 e. The molecule has 2 rings (SSSR count). The van der Waals surface area contributed by atoms with E-state index in [1.165, 1.54) is 17.0 Å². The van der Waals surface area contributed by atoms with E-state index in [4.69, 9.17) is 5.26 Å². The van der Waals surface area contributed by atoms with Crippen LogP contribution in [-0.2, 0) is 6.42 Å². The topological polar surface area (TPSA) is 23.8 Å². The van der Waals surface area contributed by atoms with E-state index in [0.29, 0.717) is 0 Å². The maximum atomic E-state index is 13.2. The number of nitrogens with zero attached hydrogens (tertiary/aromatic N) is 1. The van der Waals surface area contributed by atoms with Crippen LogP contribution in [0.3, 0.4) is 0 Å². The standard InChI is InChI=1S/C15H12FNS2/c1-18-13-3-5-14(6-4-13)19-15-7-2-12(16)10-11(15)8-9-17/h2-7,10H,8H2,1H3. The van der Waals surface area contributed by atoms with Crippen molar-refractivity contribution in [2.45, 2.75) is 21.1 Å². The van der Waals surface area contributed by atoms with Gasteiger partial charge in [0, 0.05) is 14.7 Å². The molecule has 0 fully saturated rings. The number of thioether (sulfide) groups is 1. The Balaban J connectivity index is 2.24. The lowest BCUT2D eigenvalue weighted by molar-refractivity contribution is 0.624. The van der Waals surface area contributed by atoms with Gasteiger partial charge < -0.3 is 0 Å². The highest BCUT2D eigenvalue weighted by molar-refractivity contribution is 7.99. The van der Waals surface area contributed by atoms with E-state index in [1.807, 2.05) is 18.4 Å². The van der Waals surface area contributed by atoms with E-state index in [-0.39, 0.29) is 12.2 Å². The second-order valence-electron chi connectivity index (χ2n) is 3.86. The molecule has 1 nitrogen and oxygen atoms in total. The Kier molecular flexibility index (Phi) is 4.89. The summed E-state index contributed by atoms with van der Waals surface area (Å²) >= 11 is 3.25. The van der Waals surface area contributed by atoms with Gasteiger partial charge in [0.15, 0.2) is 0 Å². The average Bonchev–Trinajstić information content (AvgIpc) is 2.43. The Bertz CT molecular complexity index is 603. The smallest absolute Gasteiger partial charge is 0.123 e. The number of hydrogen-bond donors (Lipinski definition) is 0. The number of nitriles is 1. The number of benzene rings is 2. The first-order chi connectivity index (χ1) is 9.22. The summed E-state index contributed by atoms with van der Waals surface area (Å²) in [5.74, 6) is -0.299. The van der Waals surface area contributed by atoms with Crippen LogP contribution in [0.2, 0.25) is 0 Å². The lowest BCUT2D eigenvalue weighted by atomic mass is 10.2. The van der Waals surface area contributed by atoms with E-state index in [0.717, 1.165) is 15.4 Å². The molecule has 0 unspecified atom stereocenters. The van der Waals surface area contributed by atoms with Gasteiger partial charge >= 0.3 is 0 Å². The normalized spacial score (nSPS) is 10.2. The van der Waals surface area contributed by atoms with Gasteiger partial charge in [0.05, 0.1) is 12.5 Å². The maximum Gasteiger partial charge on any atom is 0.123 e. The minimum absolute atomic E-state index is 0.225. The second-order valence-corrected chi connectivity index (χ2v) is 5.86. The third-order valence-corrected chi connectivity index (χ3v) is 4.45. The fourth-order valence-corrected chi connectivity index (χ4v) is 2.97. The zero-order chi connectivity index (χ0) is 13.7. The Labute approximate surface area is 120 Å². The van der Waals surface area contributed by atoms with Crippen molar-refractivity contribution in [3.05, 3.63) is 53.8 Å². The van der Waals surface area contributed by atoms with Crippen molar-refractivity contribution >= 4 is 23.5 Å². The quantitative estimate of drug-likeness (QED) is 0.758. The molecular weight excluding hydrogens is 277 g/mol. The molecule has 0 aromatic heterocycles. The summed E-state index contributed by atoms with van der Waals surface area (Å²) in [6.07, 6.45) is 2.26. The maximum absolute atomic E-state index is 13.2. The van der Waals surface area contributed by atoms with Crippen molar-refractivity contribution in [2.24, 2.45) is 0 Å². The minimum Gasteiger partial charge on any atom is -0.207 e. The van der Waals surface area contributed by atoms with E-state index < -0.39 is 0 Å². The first-order valence-electron chi connectivity index (χ1n) is 5.70. The van der Waals surface area contributed by atoms with Crippen molar-refractivity contribution in [1.29, 1.82) is 5.26 Å². The van der Waals surface area contributed by atoms with Crippen LogP contribution < -0.4 is 0 Å².